The minimum absolute atomic E-state index is 0.00291. The molecule has 2 N–H and O–H groups in total. The first-order chi connectivity index (χ1) is 13.5. The van der Waals surface area contributed by atoms with Gasteiger partial charge in [0.05, 0.1) is 19.3 Å². The van der Waals surface area contributed by atoms with Gasteiger partial charge in [-0.25, -0.2) is 0 Å². The predicted octanol–water partition coefficient (Wildman–Crippen LogP) is 1.98. The highest BCUT2D eigenvalue weighted by atomic mass is 16.5. The molecule has 1 atom stereocenters. The van der Waals surface area contributed by atoms with Crippen molar-refractivity contribution in [2.24, 2.45) is 0 Å². The number of hydrogen-bond donors (Lipinski definition) is 2. The van der Waals surface area contributed by atoms with Gasteiger partial charge >= 0.3 is 0 Å². The number of likely N-dealkylation sites (N-methyl/N-ethyl adjacent to an activating group) is 1. The van der Waals surface area contributed by atoms with Crippen LogP contribution in [0.2, 0.25) is 0 Å². The monoisotopic (exact) mass is 384 g/mol. The van der Waals surface area contributed by atoms with Crippen molar-refractivity contribution in [2.45, 2.75) is 26.8 Å². The highest BCUT2D eigenvalue weighted by Crippen LogP contribution is 2.22. The molecule has 0 bridgehead atoms. The zero-order valence-electron chi connectivity index (χ0n) is 17.1. The van der Waals surface area contributed by atoms with Crippen LogP contribution >= 0.6 is 0 Å². The minimum atomic E-state index is -0.148. The quantitative estimate of drug-likeness (QED) is 0.695. The highest BCUT2D eigenvalue weighted by Gasteiger charge is 2.24. The van der Waals surface area contributed by atoms with Crippen molar-refractivity contribution >= 4 is 23.2 Å². The van der Waals surface area contributed by atoms with Crippen LogP contribution in [0.3, 0.4) is 0 Å². The van der Waals surface area contributed by atoms with Crippen LogP contribution in [0.4, 0.5) is 11.4 Å². The van der Waals surface area contributed by atoms with E-state index in [-0.39, 0.29) is 30.9 Å². The summed E-state index contributed by atoms with van der Waals surface area (Å²) >= 11 is 0. The second kappa shape index (κ2) is 10.5. The van der Waals surface area contributed by atoms with Crippen LogP contribution in [0.5, 0.6) is 5.75 Å². The Morgan fingerprint density at radius 1 is 1.04 bits per heavy atom. The standard InChI is InChI=1S/C22H29N3O3/c1-5-24(15-21(26)23-19-13-9-10-14-20(19)28-4)16-22(27)25(17(2)3)18-11-7-6-8-12-18/h6-14,17H,5,15-16H2,1-4H3,(H,23,26)/p+1. The summed E-state index contributed by atoms with van der Waals surface area (Å²) < 4.78 is 5.27. The van der Waals surface area contributed by atoms with E-state index in [1.807, 2.05) is 63.2 Å². The van der Waals surface area contributed by atoms with E-state index in [4.69, 9.17) is 4.74 Å². The van der Waals surface area contributed by atoms with Gasteiger partial charge in [0.2, 0.25) is 0 Å². The van der Waals surface area contributed by atoms with E-state index in [1.54, 1.807) is 24.1 Å². The molecule has 0 fully saturated rings. The molecule has 6 heteroatoms. The Hall–Kier alpha value is -2.86. The summed E-state index contributed by atoms with van der Waals surface area (Å²) in [6.07, 6.45) is 0. The smallest absolute Gasteiger partial charge is 0.282 e. The van der Waals surface area contributed by atoms with Gasteiger partial charge in [-0.15, -0.1) is 0 Å². The van der Waals surface area contributed by atoms with Crippen LogP contribution in [0, 0.1) is 0 Å². The van der Waals surface area contributed by atoms with Crippen LogP contribution in [0.25, 0.3) is 0 Å². The fourth-order valence-electron chi connectivity index (χ4n) is 3.10. The number of methoxy groups -OCH3 is 1. The molecular formula is C22H30N3O3+. The number of quaternary nitrogens is 1. The number of rotatable bonds is 9. The second-order valence-corrected chi connectivity index (χ2v) is 6.90. The molecule has 2 amide bonds. The summed E-state index contributed by atoms with van der Waals surface area (Å²) in [5, 5.41) is 2.87. The van der Waals surface area contributed by atoms with Crippen molar-refractivity contribution in [3.63, 3.8) is 0 Å². The van der Waals surface area contributed by atoms with Gasteiger partial charge in [-0.2, -0.15) is 0 Å². The minimum Gasteiger partial charge on any atom is -0.495 e. The first kappa shape index (κ1) is 21.4. The van der Waals surface area contributed by atoms with E-state index in [0.29, 0.717) is 18.0 Å². The predicted molar refractivity (Wildman–Crippen MR) is 112 cm³/mol. The third kappa shape index (κ3) is 5.82. The normalized spacial score (nSPS) is 11.8. The lowest BCUT2D eigenvalue weighted by atomic mass is 10.2. The lowest BCUT2D eigenvalue weighted by Crippen LogP contribution is -3.14. The molecule has 0 aromatic heterocycles. The molecule has 0 saturated heterocycles. The fraction of sp³-hybridized carbons (Fsp3) is 0.364. The maximum absolute atomic E-state index is 12.9. The van der Waals surface area contributed by atoms with E-state index in [0.717, 1.165) is 10.6 Å². The zero-order valence-corrected chi connectivity index (χ0v) is 17.1. The van der Waals surface area contributed by atoms with Crippen LogP contribution in [0.15, 0.2) is 54.6 Å². The number of nitrogens with zero attached hydrogens (tertiary/aromatic N) is 1. The number of nitrogens with one attached hydrogen (secondary N) is 2. The molecule has 28 heavy (non-hydrogen) atoms. The number of carbonyl (C=O) groups excluding carboxylic acids is 2. The fourth-order valence-corrected chi connectivity index (χ4v) is 3.10. The molecular weight excluding hydrogens is 354 g/mol. The second-order valence-electron chi connectivity index (χ2n) is 6.90. The van der Waals surface area contributed by atoms with Gasteiger partial charge in [0.15, 0.2) is 13.1 Å². The zero-order chi connectivity index (χ0) is 20.5. The Balaban J connectivity index is 2.02. The van der Waals surface area contributed by atoms with Crippen molar-refractivity contribution in [3.8, 4) is 5.75 Å². The summed E-state index contributed by atoms with van der Waals surface area (Å²) in [5.41, 5.74) is 1.50. The SMILES string of the molecule is CC[NH+](CC(=O)Nc1ccccc1OC)CC(=O)N(c1ccccc1)C(C)C. The maximum Gasteiger partial charge on any atom is 0.282 e. The summed E-state index contributed by atoms with van der Waals surface area (Å²) in [5.74, 6) is 0.466. The van der Waals surface area contributed by atoms with E-state index < -0.39 is 0 Å². The largest absolute Gasteiger partial charge is 0.495 e. The Morgan fingerprint density at radius 2 is 1.68 bits per heavy atom. The lowest BCUT2D eigenvalue weighted by molar-refractivity contribution is -0.881. The van der Waals surface area contributed by atoms with Crippen LogP contribution in [-0.4, -0.2) is 44.6 Å². The molecule has 2 aromatic carbocycles. The van der Waals surface area contributed by atoms with Crippen molar-refractivity contribution in [2.75, 3.05) is 37.0 Å². The molecule has 0 aliphatic carbocycles. The van der Waals surface area contributed by atoms with E-state index in [2.05, 4.69) is 5.32 Å². The first-order valence-electron chi connectivity index (χ1n) is 9.59. The number of amides is 2. The Labute approximate surface area is 167 Å². The summed E-state index contributed by atoms with van der Waals surface area (Å²) in [4.78, 5) is 28.1. The van der Waals surface area contributed by atoms with Crippen molar-refractivity contribution < 1.29 is 19.2 Å². The van der Waals surface area contributed by atoms with Crippen LogP contribution < -0.4 is 19.9 Å². The number of benzene rings is 2. The van der Waals surface area contributed by atoms with Gasteiger partial charge in [0.1, 0.15) is 5.75 Å². The summed E-state index contributed by atoms with van der Waals surface area (Å²) in [7, 11) is 1.57. The van der Waals surface area contributed by atoms with E-state index in [1.165, 1.54) is 0 Å². The van der Waals surface area contributed by atoms with Crippen LogP contribution in [0.1, 0.15) is 20.8 Å². The molecule has 0 radical (unpaired) electrons. The molecule has 1 unspecified atom stereocenters. The number of para-hydroxylation sites is 3. The van der Waals surface area contributed by atoms with Crippen molar-refractivity contribution in [1.29, 1.82) is 0 Å². The number of carbonyl (C=O) groups is 2. The van der Waals surface area contributed by atoms with Gasteiger partial charge in [0.25, 0.3) is 11.8 Å². The molecule has 2 aromatic rings. The molecule has 2 rings (SSSR count). The Morgan fingerprint density at radius 3 is 2.29 bits per heavy atom. The average Bonchev–Trinajstić information content (AvgIpc) is 2.68. The van der Waals surface area contributed by atoms with Gasteiger partial charge < -0.3 is 19.9 Å². The van der Waals surface area contributed by atoms with Gasteiger partial charge in [-0.3, -0.25) is 9.59 Å². The molecule has 0 saturated carbocycles. The maximum atomic E-state index is 12.9. The van der Waals surface area contributed by atoms with E-state index >= 15 is 0 Å². The van der Waals surface area contributed by atoms with Crippen LogP contribution in [-0.2, 0) is 9.59 Å². The molecule has 0 aliphatic rings. The summed E-state index contributed by atoms with van der Waals surface area (Å²) in [6, 6.07) is 16.9. The van der Waals surface area contributed by atoms with E-state index in [9.17, 15) is 9.59 Å². The highest BCUT2D eigenvalue weighted by molar-refractivity contribution is 5.95. The third-order valence-corrected chi connectivity index (χ3v) is 4.51. The van der Waals surface area contributed by atoms with Gasteiger partial charge in [0, 0.05) is 11.7 Å². The molecule has 0 heterocycles. The van der Waals surface area contributed by atoms with Gasteiger partial charge in [-0.05, 0) is 45.0 Å². The Kier molecular flexibility index (Phi) is 8.02. The Bertz CT molecular complexity index is 778. The lowest BCUT2D eigenvalue weighted by Gasteiger charge is -2.28. The van der Waals surface area contributed by atoms with Crippen molar-refractivity contribution in [3.05, 3.63) is 54.6 Å². The molecule has 0 spiro atoms. The number of anilines is 2. The number of hydrogen-bond acceptors (Lipinski definition) is 3. The number of ether oxygens (including phenoxy) is 1. The van der Waals surface area contributed by atoms with Crippen molar-refractivity contribution in [1.82, 2.24) is 0 Å². The molecule has 0 aliphatic heterocycles. The third-order valence-electron chi connectivity index (χ3n) is 4.51. The first-order valence-corrected chi connectivity index (χ1v) is 9.59. The average molecular weight is 385 g/mol. The van der Waals surface area contributed by atoms with Gasteiger partial charge in [-0.1, -0.05) is 30.3 Å². The molecule has 150 valence electrons. The molecule has 6 nitrogen and oxygen atoms in total. The topological polar surface area (TPSA) is 63.1 Å². The summed E-state index contributed by atoms with van der Waals surface area (Å²) in [6.45, 7) is 7.09.